The van der Waals surface area contributed by atoms with Gasteiger partial charge >= 0.3 is 11.5 Å². The first kappa shape index (κ1) is 21.5. The first-order valence-corrected chi connectivity index (χ1v) is 8.85. The molecule has 0 saturated heterocycles. The van der Waals surface area contributed by atoms with Crippen LogP contribution in [0.15, 0.2) is 53.4 Å². The molecule has 0 bridgehead atoms. The second kappa shape index (κ2) is 9.41. The molecule has 0 aliphatic rings. The van der Waals surface area contributed by atoms with Crippen molar-refractivity contribution in [2.45, 2.75) is 23.9 Å². The highest BCUT2D eigenvalue weighted by Crippen LogP contribution is 2.36. The van der Waals surface area contributed by atoms with Gasteiger partial charge in [-0.3, -0.25) is 9.59 Å². The van der Waals surface area contributed by atoms with Crippen LogP contribution in [0.2, 0.25) is 0 Å². The van der Waals surface area contributed by atoms with E-state index in [2.05, 4.69) is 5.32 Å². The molecule has 2 aromatic rings. The van der Waals surface area contributed by atoms with Gasteiger partial charge in [0.1, 0.15) is 0 Å². The molecule has 148 valence electrons. The van der Waals surface area contributed by atoms with Crippen LogP contribution >= 0.6 is 11.8 Å². The van der Waals surface area contributed by atoms with Crippen molar-refractivity contribution in [3.8, 4) is 0 Å². The number of halogens is 3. The number of thioether (sulfide) groups is 1. The molecule has 2 aromatic carbocycles. The Labute approximate surface area is 163 Å². The zero-order chi connectivity index (χ0) is 20.7. The quantitative estimate of drug-likeness (QED) is 0.424. The summed E-state index contributed by atoms with van der Waals surface area (Å²) in [5.74, 6) is -1.40. The molecule has 0 heterocycles. The highest BCUT2D eigenvalue weighted by molar-refractivity contribution is 8.00. The molecule has 9 heteroatoms. The van der Waals surface area contributed by atoms with Gasteiger partial charge < -0.3 is 10.1 Å². The summed E-state index contributed by atoms with van der Waals surface area (Å²) >= 11 is -0.287. The number of rotatable bonds is 7. The zero-order valence-corrected chi connectivity index (χ0v) is 15.5. The van der Waals surface area contributed by atoms with Crippen LogP contribution in [0.3, 0.4) is 0 Å². The molecule has 2 rings (SSSR count). The summed E-state index contributed by atoms with van der Waals surface area (Å²) in [6, 6.07) is 11.2. The van der Waals surface area contributed by atoms with Crippen LogP contribution in [0.5, 0.6) is 0 Å². The maximum Gasteiger partial charge on any atom is 0.446 e. The van der Waals surface area contributed by atoms with Crippen molar-refractivity contribution < 1.29 is 32.3 Å². The minimum absolute atomic E-state index is 0.0463. The number of nitrogens with one attached hydrogen (secondary N) is 1. The highest BCUT2D eigenvalue weighted by Gasteiger charge is 2.29. The third kappa shape index (κ3) is 7.07. The minimum Gasteiger partial charge on any atom is -0.454 e. The first-order chi connectivity index (χ1) is 13.1. The van der Waals surface area contributed by atoms with Crippen LogP contribution in [-0.2, 0) is 16.1 Å². The fraction of sp³-hybridized carbons (Fsp3) is 0.211. The molecule has 0 saturated carbocycles. The van der Waals surface area contributed by atoms with E-state index >= 15 is 0 Å². The van der Waals surface area contributed by atoms with Gasteiger partial charge in [0.15, 0.2) is 12.4 Å². The molecule has 0 unspecified atom stereocenters. The van der Waals surface area contributed by atoms with E-state index in [0.717, 1.165) is 17.7 Å². The van der Waals surface area contributed by atoms with Gasteiger partial charge in [-0.25, -0.2) is 4.79 Å². The van der Waals surface area contributed by atoms with Crippen molar-refractivity contribution in [2.24, 2.45) is 0 Å². The van der Waals surface area contributed by atoms with Crippen LogP contribution in [0.4, 0.5) is 13.2 Å². The fourth-order valence-corrected chi connectivity index (χ4v) is 2.66. The number of carbonyl (C=O) groups excluding carboxylic acids is 3. The van der Waals surface area contributed by atoms with Crippen molar-refractivity contribution in [1.29, 1.82) is 0 Å². The van der Waals surface area contributed by atoms with Crippen LogP contribution in [0, 0.1) is 0 Å². The summed E-state index contributed by atoms with van der Waals surface area (Å²) in [7, 11) is 0. The fourth-order valence-electron chi connectivity index (χ4n) is 2.13. The Morgan fingerprint density at radius 3 is 2.07 bits per heavy atom. The smallest absolute Gasteiger partial charge is 0.446 e. The predicted molar refractivity (Wildman–Crippen MR) is 96.9 cm³/mol. The Kier molecular flexibility index (Phi) is 7.22. The Bertz CT molecular complexity index is 849. The molecule has 0 radical (unpaired) electrons. The van der Waals surface area contributed by atoms with Crippen LogP contribution < -0.4 is 5.32 Å². The van der Waals surface area contributed by atoms with Gasteiger partial charge in [0, 0.05) is 23.9 Å². The number of esters is 1. The Balaban J connectivity index is 1.88. The standard InChI is InChI=1S/C19H16F3NO4S/c1-12(24)23-10-13-2-4-14(5-3-13)17(25)11-27-18(26)15-6-8-16(9-7-15)28-19(20,21)22/h2-9H,10-11H2,1H3,(H,23,24). The minimum atomic E-state index is -4.41. The topological polar surface area (TPSA) is 72.5 Å². The zero-order valence-electron chi connectivity index (χ0n) is 14.7. The molecular formula is C19H16F3NO4S. The third-order valence-electron chi connectivity index (χ3n) is 3.48. The van der Waals surface area contributed by atoms with Crippen molar-refractivity contribution in [3.05, 3.63) is 65.2 Å². The number of ketones is 1. The second-order valence-corrected chi connectivity index (χ2v) is 6.82. The molecular weight excluding hydrogens is 395 g/mol. The third-order valence-corrected chi connectivity index (χ3v) is 4.21. The molecule has 5 nitrogen and oxygen atoms in total. The number of hydrogen-bond donors (Lipinski definition) is 1. The van der Waals surface area contributed by atoms with Crippen LogP contribution in [-0.4, -0.2) is 29.8 Å². The van der Waals surface area contributed by atoms with Crippen molar-refractivity contribution >= 4 is 29.4 Å². The van der Waals surface area contributed by atoms with Crippen LogP contribution in [0.25, 0.3) is 0 Å². The maximum absolute atomic E-state index is 12.3. The summed E-state index contributed by atoms with van der Waals surface area (Å²) in [5.41, 5.74) is -3.23. The Morgan fingerprint density at radius 1 is 0.964 bits per heavy atom. The van der Waals surface area contributed by atoms with Gasteiger partial charge in [-0.1, -0.05) is 24.3 Å². The lowest BCUT2D eigenvalue weighted by molar-refractivity contribution is -0.119. The number of hydrogen-bond acceptors (Lipinski definition) is 5. The Hall–Kier alpha value is -2.81. The molecule has 0 spiro atoms. The van der Waals surface area contributed by atoms with E-state index < -0.39 is 23.9 Å². The number of benzene rings is 2. The average molecular weight is 411 g/mol. The lowest BCUT2D eigenvalue weighted by Crippen LogP contribution is -2.19. The predicted octanol–water partition coefficient (Wildman–Crippen LogP) is 3.97. The van der Waals surface area contributed by atoms with Gasteiger partial charge in [0.2, 0.25) is 5.91 Å². The van der Waals surface area contributed by atoms with Crippen molar-refractivity contribution in [1.82, 2.24) is 5.32 Å². The Morgan fingerprint density at radius 2 is 1.54 bits per heavy atom. The van der Waals surface area contributed by atoms with E-state index in [-0.39, 0.29) is 28.1 Å². The molecule has 1 N–H and O–H groups in total. The summed E-state index contributed by atoms with van der Waals surface area (Å²) in [6.45, 7) is 1.24. The molecule has 0 aliphatic heterocycles. The number of ether oxygens (including phenoxy) is 1. The van der Waals surface area contributed by atoms with Gasteiger partial charge in [-0.05, 0) is 41.6 Å². The number of amides is 1. The number of Topliss-reactive ketones (excluding diaryl/α,β-unsaturated/α-hetero) is 1. The van der Waals surface area contributed by atoms with E-state index in [1.54, 1.807) is 24.3 Å². The van der Waals surface area contributed by atoms with E-state index in [9.17, 15) is 27.6 Å². The van der Waals surface area contributed by atoms with E-state index in [1.165, 1.54) is 19.1 Å². The molecule has 0 atom stereocenters. The monoisotopic (exact) mass is 411 g/mol. The highest BCUT2D eigenvalue weighted by atomic mass is 32.2. The SMILES string of the molecule is CC(=O)NCc1ccc(C(=O)COC(=O)c2ccc(SC(F)(F)F)cc2)cc1. The van der Waals surface area contributed by atoms with Crippen LogP contribution in [0.1, 0.15) is 33.2 Å². The molecule has 0 aliphatic carbocycles. The largest absolute Gasteiger partial charge is 0.454 e. The molecule has 1 amide bonds. The number of alkyl halides is 3. The second-order valence-electron chi connectivity index (χ2n) is 5.68. The molecule has 0 fully saturated rings. The van der Waals surface area contributed by atoms with Gasteiger partial charge in [0.25, 0.3) is 0 Å². The van der Waals surface area contributed by atoms with E-state index in [1.807, 2.05) is 0 Å². The average Bonchev–Trinajstić information content (AvgIpc) is 2.64. The van der Waals surface area contributed by atoms with Gasteiger partial charge in [0.05, 0.1) is 5.56 Å². The summed E-state index contributed by atoms with van der Waals surface area (Å²) in [4.78, 5) is 34.8. The van der Waals surface area contributed by atoms with Gasteiger partial charge in [-0.15, -0.1) is 0 Å². The lowest BCUT2D eigenvalue weighted by Gasteiger charge is -2.07. The van der Waals surface area contributed by atoms with Crippen molar-refractivity contribution in [3.63, 3.8) is 0 Å². The summed E-state index contributed by atoms with van der Waals surface area (Å²) < 4.78 is 41.8. The van der Waals surface area contributed by atoms with E-state index in [4.69, 9.17) is 4.74 Å². The first-order valence-electron chi connectivity index (χ1n) is 8.03. The normalized spacial score (nSPS) is 11.0. The number of carbonyl (C=O) groups is 3. The van der Waals surface area contributed by atoms with Gasteiger partial charge in [-0.2, -0.15) is 13.2 Å². The summed E-state index contributed by atoms with van der Waals surface area (Å²) in [5, 5.41) is 2.63. The molecule has 0 aromatic heterocycles. The lowest BCUT2D eigenvalue weighted by atomic mass is 10.1. The molecule has 28 heavy (non-hydrogen) atoms. The maximum atomic E-state index is 12.3. The van der Waals surface area contributed by atoms with E-state index in [0.29, 0.717) is 12.1 Å². The van der Waals surface area contributed by atoms with Crippen molar-refractivity contribution in [2.75, 3.05) is 6.61 Å². The summed E-state index contributed by atoms with van der Waals surface area (Å²) in [6.07, 6.45) is 0.